The van der Waals surface area contributed by atoms with Gasteiger partial charge in [-0.2, -0.15) is 0 Å². The lowest BCUT2D eigenvalue weighted by molar-refractivity contribution is -0.130. The highest BCUT2D eigenvalue weighted by atomic mass is 16.5. The van der Waals surface area contributed by atoms with Crippen LogP contribution in [0, 0.1) is 0 Å². The third-order valence-electron chi connectivity index (χ3n) is 5.46. The van der Waals surface area contributed by atoms with Crippen LogP contribution in [0.5, 0.6) is 5.75 Å². The highest BCUT2D eigenvalue weighted by Gasteiger charge is 2.20. The number of fused-ring (bicyclic) bond motifs is 1. The zero-order chi connectivity index (χ0) is 18.5. The molecule has 1 N–H and O–H groups in total. The Morgan fingerprint density at radius 3 is 3.04 bits per heavy atom. The largest absolute Gasteiger partial charge is 0.497 e. The van der Waals surface area contributed by atoms with Crippen molar-refractivity contribution in [3.8, 4) is 5.75 Å². The summed E-state index contributed by atoms with van der Waals surface area (Å²) in [6.07, 6.45) is 6.10. The van der Waals surface area contributed by atoms with Gasteiger partial charge in [0, 0.05) is 38.5 Å². The first-order valence-corrected chi connectivity index (χ1v) is 9.53. The van der Waals surface area contributed by atoms with Crippen molar-refractivity contribution in [1.29, 1.82) is 0 Å². The Morgan fingerprint density at radius 1 is 1.42 bits per heavy atom. The van der Waals surface area contributed by atoms with Gasteiger partial charge in [-0.3, -0.25) is 4.79 Å². The summed E-state index contributed by atoms with van der Waals surface area (Å²) >= 11 is 0. The van der Waals surface area contributed by atoms with E-state index in [4.69, 9.17) is 4.74 Å². The first-order valence-electron chi connectivity index (χ1n) is 9.53. The van der Waals surface area contributed by atoms with Crippen LogP contribution in [0.4, 0.5) is 0 Å². The Balaban J connectivity index is 1.48. The normalized spacial score (nSPS) is 18.2. The number of ether oxygens (including phenoxy) is 1. The summed E-state index contributed by atoms with van der Waals surface area (Å²) in [6, 6.07) is 6.36. The van der Waals surface area contributed by atoms with Crippen LogP contribution in [0.3, 0.4) is 0 Å². The second kappa shape index (κ2) is 8.54. The number of piperidine rings is 1. The van der Waals surface area contributed by atoms with Crippen molar-refractivity contribution in [2.75, 3.05) is 34.3 Å². The van der Waals surface area contributed by atoms with Crippen LogP contribution >= 0.6 is 0 Å². The van der Waals surface area contributed by atoms with Crippen molar-refractivity contribution in [3.05, 3.63) is 24.0 Å². The van der Waals surface area contributed by atoms with Crippen LogP contribution in [0.25, 0.3) is 11.0 Å². The molecule has 0 aliphatic carbocycles. The summed E-state index contributed by atoms with van der Waals surface area (Å²) in [4.78, 5) is 24.6. The number of carbonyl (C=O) groups excluding carboxylic acids is 1. The van der Waals surface area contributed by atoms with Crippen LogP contribution in [-0.2, 0) is 11.2 Å². The number of imidazole rings is 1. The zero-order valence-corrected chi connectivity index (χ0v) is 16.1. The summed E-state index contributed by atoms with van der Waals surface area (Å²) in [5, 5.41) is 0. The van der Waals surface area contributed by atoms with Gasteiger partial charge in [0.15, 0.2) is 0 Å². The number of H-pyrrole nitrogens is 1. The molecule has 142 valence electrons. The fraction of sp³-hybridized carbons (Fsp3) is 0.600. The smallest absolute Gasteiger partial charge is 0.222 e. The molecule has 0 radical (unpaired) electrons. The van der Waals surface area contributed by atoms with E-state index >= 15 is 0 Å². The van der Waals surface area contributed by atoms with Gasteiger partial charge in [0.05, 0.1) is 18.1 Å². The Hall–Kier alpha value is -2.08. The van der Waals surface area contributed by atoms with Crippen molar-refractivity contribution in [1.82, 2.24) is 19.8 Å². The number of aromatic nitrogens is 2. The van der Waals surface area contributed by atoms with Gasteiger partial charge in [-0.05, 0) is 45.0 Å². The molecule has 0 saturated carbocycles. The predicted molar refractivity (Wildman–Crippen MR) is 103 cm³/mol. The van der Waals surface area contributed by atoms with Gasteiger partial charge in [0.1, 0.15) is 11.6 Å². The number of nitrogens with zero attached hydrogens (tertiary/aromatic N) is 3. The van der Waals surface area contributed by atoms with E-state index in [0.29, 0.717) is 19.0 Å². The van der Waals surface area contributed by atoms with Gasteiger partial charge in [-0.15, -0.1) is 0 Å². The first-order chi connectivity index (χ1) is 12.6. The van der Waals surface area contributed by atoms with Crippen LogP contribution in [0.15, 0.2) is 18.2 Å². The number of amides is 1. The van der Waals surface area contributed by atoms with Crippen LogP contribution in [0.1, 0.15) is 37.9 Å². The van der Waals surface area contributed by atoms with Crippen LogP contribution in [0.2, 0.25) is 0 Å². The molecule has 0 spiro atoms. The van der Waals surface area contributed by atoms with Gasteiger partial charge in [0.25, 0.3) is 0 Å². The van der Waals surface area contributed by atoms with Crippen molar-refractivity contribution in [2.45, 2.75) is 44.6 Å². The summed E-state index contributed by atoms with van der Waals surface area (Å²) in [6.45, 7) is 1.84. The number of likely N-dealkylation sites (tertiary alicyclic amines) is 1. The number of hydrogen-bond acceptors (Lipinski definition) is 4. The molecule has 1 aromatic heterocycles. The Labute approximate surface area is 155 Å². The number of aromatic amines is 1. The molecule has 6 nitrogen and oxygen atoms in total. The molecule has 2 aromatic rings. The number of methoxy groups -OCH3 is 1. The number of likely N-dealkylation sites (N-methyl/N-ethyl adjacent to an activating group) is 1. The summed E-state index contributed by atoms with van der Waals surface area (Å²) in [7, 11) is 5.72. The minimum Gasteiger partial charge on any atom is -0.497 e. The van der Waals surface area contributed by atoms with E-state index < -0.39 is 0 Å². The highest BCUT2D eigenvalue weighted by molar-refractivity contribution is 5.77. The molecule has 1 amide bonds. The van der Waals surface area contributed by atoms with Gasteiger partial charge in [-0.1, -0.05) is 6.42 Å². The summed E-state index contributed by atoms with van der Waals surface area (Å²) in [5.41, 5.74) is 1.89. The van der Waals surface area contributed by atoms with E-state index in [2.05, 4.69) is 21.9 Å². The molecule has 1 fully saturated rings. The lowest BCUT2D eigenvalue weighted by Gasteiger charge is -2.32. The van der Waals surface area contributed by atoms with Gasteiger partial charge >= 0.3 is 0 Å². The van der Waals surface area contributed by atoms with Crippen LogP contribution < -0.4 is 4.74 Å². The Bertz CT molecular complexity index is 742. The van der Waals surface area contributed by atoms with E-state index in [-0.39, 0.29) is 5.91 Å². The molecule has 2 heterocycles. The van der Waals surface area contributed by atoms with E-state index in [9.17, 15) is 4.79 Å². The first kappa shape index (κ1) is 18.7. The Morgan fingerprint density at radius 2 is 2.27 bits per heavy atom. The number of nitrogens with one attached hydrogen (secondary N) is 1. The number of rotatable bonds is 7. The molecule has 1 aromatic carbocycles. The van der Waals surface area contributed by atoms with Crippen LogP contribution in [-0.4, -0.2) is 66.0 Å². The monoisotopic (exact) mass is 358 g/mol. The van der Waals surface area contributed by atoms with Crippen molar-refractivity contribution < 1.29 is 9.53 Å². The maximum Gasteiger partial charge on any atom is 0.222 e. The lowest BCUT2D eigenvalue weighted by Crippen LogP contribution is -2.37. The minimum absolute atomic E-state index is 0.224. The molecule has 6 heteroatoms. The van der Waals surface area contributed by atoms with Crippen molar-refractivity contribution in [3.63, 3.8) is 0 Å². The Kier molecular flexibility index (Phi) is 6.14. The molecule has 0 unspecified atom stereocenters. The second-order valence-corrected chi connectivity index (χ2v) is 7.30. The topological polar surface area (TPSA) is 61.5 Å². The van der Waals surface area contributed by atoms with E-state index in [1.807, 2.05) is 30.1 Å². The second-order valence-electron chi connectivity index (χ2n) is 7.30. The molecule has 1 atom stereocenters. The standard InChI is InChI=1S/C20H30N4O2/c1-23-12-5-4-6-15(23)7-10-20(25)24(2)13-11-19-21-17-9-8-16(26-3)14-18(17)22-19/h8-9,14-15H,4-7,10-13H2,1-3H3,(H,21,22)/t15-/m0/s1. The third kappa shape index (κ3) is 4.55. The maximum absolute atomic E-state index is 12.4. The molecule has 1 saturated heterocycles. The van der Waals surface area contributed by atoms with E-state index in [1.54, 1.807) is 7.11 Å². The molecular weight excluding hydrogens is 328 g/mol. The lowest BCUT2D eigenvalue weighted by atomic mass is 9.98. The molecular formula is C20H30N4O2. The fourth-order valence-corrected chi connectivity index (χ4v) is 3.68. The molecule has 3 rings (SSSR count). The molecule has 1 aliphatic heterocycles. The SMILES string of the molecule is COc1ccc2nc(CCN(C)C(=O)CC[C@@H]3CCCCN3C)[nH]c2c1. The maximum atomic E-state index is 12.4. The van der Waals surface area contributed by atoms with Gasteiger partial charge in [0.2, 0.25) is 5.91 Å². The quantitative estimate of drug-likeness (QED) is 0.827. The van der Waals surface area contributed by atoms with Gasteiger partial charge < -0.3 is 19.5 Å². The number of hydrogen-bond donors (Lipinski definition) is 1. The predicted octanol–water partition coefficient (Wildman–Crippen LogP) is 2.84. The van der Waals surface area contributed by atoms with E-state index in [0.717, 1.165) is 42.0 Å². The fourth-order valence-electron chi connectivity index (χ4n) is 3.68. The van der Waals surface area contributed by atoms with Gasteiger partial charge in [-0.25, -0.2) is 4.98 Å². The molecule has 0 bridgehead atoms. The van der Waals surface area contributed by atoms with Crippen molar-refractivity contribution >= 4 is 16.9 Å². The average Bonchev–Trinajstić information content (AvgIpc) is 3.07. The number of benzene rings is 1. The average molecular weight is 358 g/mol. The molecule has 26 heavy (non-hydrogen) atoms. The van der Waals surface area contributed by atoms with Crippen molar-refractivity contribution in [2.24, 2.45) is 0 Å². The minimum atomic E-state index is 0.224. The number of carbonyl (C=O) groups is 1. The molecule has 1 aliphatic rings. The van der Waals surface area contributed by atoms with E-state index in [1.165, 1.54) is 19.3 Å². The summed E-state index contributed by atoms with van der Waals surface area (Å²) in [5.74, 6) is 1.94. The zero-order valence-electron chi connectivity index (χ0n) is 16.1. The third-order valence-corrected chi connectivity index (χ3v) is 5.46. The summed E-state index contributed by atoms with van der Waals surface area (Å²) < 4.78 is 5.24. The highest BCUT2D eigenvalue weighted by Crippen LogP contribution is 2.20.